The maximum Gasteiger partial charge on any atom is 0.0252 e. The predicted octanol–water partition coefficient (Wildman–Crippen LogP) is 3.55. The van der Waals surface area contributed by atoms with E-state index in [1.165, 1.54) is 70.9 Å². The maximum absolute atomic E-state index is 6.59. The molecular weight excluding hydrogens is 232 g/mol. The molecule has 3 rings (SSSR count). The lowest BCUT2D eigenvalue weighted by Gasteiger charge is -2.50. The van der Waals surface area contributed by atoms with E-state index >= 15 is 0 Å². The van der Waals surface area contributed by atoms with Crippen LogP contribution in [0.25, 0.3) is 0 Å². The molecule has 19 heavy (non-hydrogen) atoms. The van der Waals surface area contributed by atoms with Crippen molar-refractivity contribution in [3.8, 4) is 0 Å². The maximum atomic E-state index is 6.59. The summed E-state index contributed by atoms with van der Waals surface area (Å²) >= 11 is 0. The normalized spacial score (nSPS) is 38.7. The minimum Gasteiger partial charge on any atom is -0.326 e. The highest BCUT2D eigenvalue weighted by Crippen LogP contribution is 2.47. The average Bonchev–Trinajstić information content (AvgIpc) is 2.83. The third-order valence-corrected chi connectivity index (χ3v) is 6.63. The zero-order chi connectivity index (χ0) is 13.5. The van der Waals surface area contributed by atoms with Crippen molar-refractivity contribution in [3.05, 3.63) is 0 Å². The van der Waals surface area contributed by atoms with Crippen molar-refractivity contribution in [2.24, 2.45) is 16.6 Å². The summed E-state index contributed by atoms with van der Waals surface area (Å²) in [5, 5.41) is 0. The molecule has 2 aliphatic carbocycles. The van der Waals surface area contributed by atoms with Gasteiger partial charge in [0.2, 0.25) is 0 Å². The Morgan fingerprint density at radius 1 is 0.895 bits per heavy atom. The van der Waals surface area contributed by atoms with Crippen molar-refractivity contribution in [1.29, 1.82) is 0 Å². The van der Waals surface area contributed by atoms with Crippen LogP contribution in [0.2, 0.25) is 0 Å². The molecule has 0 radical (unpaired) electrons. The number of piperidine rings is 1. The Balaban J connectivity index is 1.61. The second-order valence-electron chi connectivity index (χ2n) is 8.22. The fourth-order valence-corrected chi connectivity index (χ4v) is 5.00. The van der Waals surface area contributed by atoms with Crippen LogP contribution in [0.5, 0.6) is 0 Å². The lowest BCUT2D eigenvalue weighted by atomic mass is 9.69. The van der Waals surface area contributed by atoms with Crippen LogP contribution in [0.1, 0.15) is 71.6 Å². The van der Waals surface area contributed by atoms with Gasteiger partial charge in [-0.3, -0.25) is 4.90 Å². The summed E-state index contributed by atoms with van der Waals surface area (Å²) in [6.07, 6.45) is 12.9. The van der Waals surface area contributed by atoms with Gasteiger partial charge in [-0.25, -0.2) is 0 Å². The van der Waals surface area contributed by atoms with E-state index in [1.54, 1.807) is 0 Å². The molecule has 3 aliphatic rings. The number of hydrogen-bond acceptors (Lipinski definition) is 2. The Morgan fingerprint density at radius 3 is 2.16 bits per heavy atom. The standard InChI is InChI=1S/C17H32N2/c1-16(2)7-5-6-14(15(16)18)19-12-10-17(11-13-19)8-3-4-9-17/h14-15H,3-13,18H2,1-2H3. The van der Waals surface area contributed by atoms with Crippen LogP contribution in [-0.4, -0.2) is 30.1 Å². The first kappa shape index (κ1) is 13.9. The van der Waals surface area contributed by atoms with E-state index in [0.717, 1.165) is 5.41 Å². The molecule has 0 bridgehead atoms. The number of nitrogens with two attached hydrogens (primary N) is 1. The molecule has 1 saturated heterocycles. The van der Waals surface area contributed by atoms with E-state index in [2.05, 4.69) is 18.7 Å². The quantitative estimate of drug-likeness (QED) is 0.785. The first-order valence-corrected chi connectivity index (χ1v) is 8.52. The molecule has 2 unspecified atom stereocenters. The first-order valence-electron chi connectivity index (χ1n) is 8.52. The molecule has 2 heteroatoms. The number of rotatable bonds is 1. The van der Waals surface area contributed by atoms with Gasteiger partial charge in [-0.1, -0.05) is 33.1 Å². The highest BCUT2D eigenvalue weighted by molar-refractivity contribution is 4.99. The molecule has 0 aromatic rings. The van der Waals surface area contributed by atoms with Crippen molar-refractivity contribution >= 4 is 0 Å². The van der Waals surface area contributed by atoms with Crippen molar-refractivity contribution in [2.45, 2.75) is 83.7 Å². The molecule has 0 amide bonds. The molecule has 2 atom stereocenters. The van der Waals surface area contributed by atoms with E-state index in [9.17, 15) is 0 Å². The van der Waals surface area contributed by atoms with Crippen molar-refractivity contribution in [3.63, 3.8) is 0 Å². The van der Waals surface area contributed by atoms with E-state index in [4.69, 9.17) is 5.73 Å². The summed E-state index contributed by atoms with van der Waals surface area (Å²) in [4.78, 5) is 2.75. The number of likely N-dealkylation sites (tertiary alicyclic amines) is 1. The van der Waals surface area contributed by atoms with Crippen LogP contribution in [0, 0.1) is 10.8 Å². The monoisotopic (exact) mass is 264 g/mol. The van der Waals surface area contributed by atoms with Crippen LogP contribution in [0.3, 0.4) is 0 Å². The van der Waals surface area contributed by atoms with Gasteiger partial charge in [0.1, 0.15) is 0 Å². The van der Waals surface area contributed by atoms with Gasteiger partial charge in [-0.2, -0.15) is 0 Å². The fraction of sp³-hybridized carbons (Fsp3) is 1.00. The molecular formula is C17H32N2. The van der Waals surface area contributed by atoms with Gasteiger partial charge in [0.25, 0.3) is 0 Å². The van der Waals surface area contributed by atoms with E-state index < -0.39 is 0 Å². The largest absolute Gasteiger partial charge is 0.326 e. The number of hydrogen-bond donors (Lipinski definition) is 1. The Labute approximate surface area is 119 Å². The predicted molar refractivity (Wildman–Crippen MR) is 81.1 cm³/mol. The molecule has 2 N–H and O–H groups in total. The van der Waals surface area contributed by atoms with E-state index in [-0.39, 0.29) is 0 Å². The SMILES string of the molecule is CC1(C)CCCC(N2CCC3(CCCC3)CC2)C1N. The van der Waals surface area contributed by atoms with Crippen LogP contribution in [0.15, 0.2) is 0 Å². The Morgan fingerprint density at radius 2 is 1.53 bits per heavy atom. The topological polar surface area (TPSA) is 29.3 Å². The molecule has 110 valence electrons. The van der Waals surface area contributed by atoms with Gasteiger partial charge < -0.3 is 5.73 Å². The Hall–Kier alpha value is -0.0800. The van der Waals surface area contributed by atoms with Gasteiger partial charge >= 0.3 is 0 Å². The summed E-state index contributed by atoms with van der Waals surface area (Å²) in [7, 11) is 0. The average molecular weight is 264 g/mol. The Kier molecular flexibility index (Phi) is 3.68. The van der Waals surface area contributed by atoms with Crippen molar-refractivity contribution < 1.29 is 0 Å². The lowest BCUT2D eigenvalue weighted by Crippen LogP contribution is -2.58. The highest BCUT2D eigenvalue weighted by Gasteiger charge is 2.43. The van der Waals surface area contributed by atoms with Crippen molar-refractivity contribution in [2.75, 3.05) is 13.1 Å². The second-order valence-corrected chi connectivity index (χ2v) is 8.22. The minimum atomic E-state index is 0.339. The molecule has 1 spiro atoms. The highest BCUT2D eigenvalue weighted by atomic mass is 15.2. The molecule has 0 aromatic heterocycles. The zero-order valence-corrected chi connectivity index (χ0v) is 13.0. The molecule has 2 nitrogen and oxygen atoms in total. The zero-order valence-electron chi connectivity index (χ0n) is 13.0. The minimum absolute atomic E-state index is 0.339. The summed E-state index contributed by atoms with van der Waals surface area (Å²) in [5.74, 6) is 0. The van der Waals surface area contributed by atoms with Gasteiger partial charge in [-0.15, -0.1) is 0 Å². The second kappa shape index (κ2) is 5.04. The van der Waals surface area contributed by atoms with Crippen molar-refractivity contribution in [1.82, 2.24) is 4.90 Å². The molecule has 2 saturated carbocycles. The van der Waals surface area contributed by atoms with E-state index in [0.29, 0.717) is 17.5 Å². The molecule has 1 aliphatic heterocycles. The van der Waals surface area contributed by atoms with Gasteiger partial charge in [0, 0.05) is 12.1 Å². The van der Waals surface area contributed by atoms with E-state index in [1.807, 2.05) is 0 Å². The molecule has 0 aromatic carbocycles. The van der Waals surface area contributed by atoms with Crippen LogP contribution < -0.4 is 5.73 Å². The summed E-state index contributed by atoms with van der Waals surface area (Å²) in [6, 6.07) is 1.03. The van der Waals surface area contributed by atoms with Gasteiger partial charge in [0.15, 0.2) is 0 Å². The van der Waals surface area contributed by atoms with Crippen LogP contribution in [0.4, 0.5) is 0 Å². The summed E-state index contributed by atoms with van der Waals surface area (Å²) in [6.45, 7) is 7.36. The smallest absolute Gasteiger partial charge is 0.0252 e. The third kappa shape index (κ3) is 2.58. The number of nitrogens with zero attached hydrogens (tertiary/aromatic N) is 1. The summed E-state index contributed by atoms with van der Waals surface area (Å²) in [5.41, 5.74) is 7.67. The summed E-state index contributed by atoms with van der Waals surface area (Å²) < 4.78 is 0. The fourth-order valence-electron chi connectivity index (χ4n) is 5.00. The van der Waals surface area contributed by atoms with Crippen LogP contribution >= 0.6 is 0 Å². The molecule has 3 fully saturated rings. The van der Waals surface area contributed by atoms with Gasteiger partial charge in [0.05, 0.1) is 0 Å². The molecule has 1 heterocycles. The van der Waals surface area contributed by atoms with Gasteiger partial charge in [-0.05, 0) is 62.4 Å². The lowest BCUT2D eigenvalue weighted by molar-refractivity contribution is 0.0209. The first-order chi connectivity index (χ1) is 9.03. The van der Waals surface area contributed by atoms with Crippen LogP contribution in [-0.2, 0) is 0 Å². The third-order valence-electron chi connectivity index (χ3n) is 6.63. The Bertz CT molecular complexity index is 307.